The number of aromatic nitrogens is 1. The van der Waals surface area contributed by atoms with Crippen LogP contribution in [0.1, 0.15) is 45.7 Å². The number of carbonyl (C=O) groups is 2. The first-order valence-corrected chi connectivity index (χ1v) is 11.3. The number of nitrogens with one attached hydrogen (secondary N) is 1. The van der Waals surface area contributed by atoms with Gasteiger partial charge in [0, 0.05) is 64.4 Å². The Morgan fingerprint density at radius 2 is 2.00 bits per heavy atom. The summed E-state index contributed by atoms with van der Waals surface area (Å²) in [6.07, 6.45) is 2.96. The molecule has 11 heteroatoms. The largest absolute Gasteiger partial charge is 0.503 e. The molecule has 1 aromatic heterocycles. The summed E-state index contributed by atoms with van der Waals surface area (Å²) >= 11 is 0. The molecule has 2 aromatic rings. The molecule has 2 aliphatic heterocycles. The van der Waals surface area contributed by atoms with Crippen LogP contribution in [0.5, 0.6) is 5.75 Å². The van der Waals surface area contributed by atoms with Gasteiger partial charge in [-0.05, 0) is 25.3 Å². The van der Waals surface area contributed by atoms with E-state index in [4.69, 9.17) is 9.47 Å². The Morgan fingerprint density at radius 3 is 2.69 bits per heavy atom. The Morgan fingerprint density at radius 1 is 1.26 bits per heavy atom. The van der Waals surface area contributed by atoms with Crippen molar-refractivity contribution in [1.29, 1.82) is 0 Å². The summed E-state index contributed by atoms with van der Waals surface area (Å²) in [6.45, 7) is 1.71. The molecular formula is C24H27F2N3O6. The number of ether oxygens (including phenoxy) is 2. The summed E-state index contributed by atoms with van der Waals surface area (Å²) in [7, 11) is 1.57. The number of pyridine rings is 1. The van der Waals surface area contributed by atoms with Gasteiger partial charge in [0.2, 0.25) is 5.43 Å². The number of amides is 2. The fourth-order valence-electron chi connectivity index (χ4n) is 4.73. The molecule has 35 heavy (non-hydrogen) atoms. The zero-order valence-corrected chi connectivity index (χ0v) is 19.3. The maximum atomic E-state index is 13.9. The molecule has 188 valence electrons. The number of hydrogen-bond acceptors (Lipinski definition) is 6. The maximum Gasteiger partial charge on any atom is 0.275 e. The highest BCUT2D eigenvalue weighted by Gasteiger charge is 2.47. The SMILES string of the molecule is COCCCN1C(=O)c2c(O)c(=O)c(C(=O)NCc3ccc(F)cc3F)cn2CC12CCOCC2. The first-order chi connectivity index (χ1) is 16.8. The van der Waals surface area contributed by atoms with Gasteiger partial charge >= 0.3 is 0 Å². The van der Waals surface area contributed by atoms with Crippen LogP contribution in [0.25, 0.3) is 0 Å². The fourth-order valence-corrected chi connectivity index (χ4v) is 4.73. The van der Waals surface area contributed by atoms with Gasteiger partial charge in [0.15, 0.2) is 11.4 Å². The number of rotatable bonds is 7. The van der Waals surface area contributed by atoms with Gasteiger partial charge in [-0.25, -0.2) is 8.78 Å². The van der Waals surface area contributed by atoms with Gasteiger partial charge in [0.25, 0.3) is 11.8 Å². The van der Waals surface area contributed by atoms with E-state index < -0.39 is 40.2 Å². The van der Waals surface area contributed by atoms with Crippen LogP contribution < -0.4 is 10.7 Å². The monoisotopic (exact) mass is 491 g/mol. The zero-order valence-electron chi connectivity index (χ0n) is 19.3. The number of halogens is 2. The Labute approximate surface area is 200 Å². The average molecular weight is 491 g/mol. The molecule has 2 aliphatic rings. The van der Waals surface area contributed by atoms with Crippen molar-refractivity contribution >= 4 is 11.8 Å². The molecule has 1 spiro atoms. The molecule has 0 atom stereocenters. The van der Waals surface area contributed by atoms with Gasteiger partial charge in [0.05, 0.1) is 5.54 Å². The number of carbonyl (C=O) groups excluding carboxylic acids is 2. The van der Waals surface area contributed by atoms with Crippen molar-refractivity contribution in [3.05, 3.63) is 63.1 Å². The Bertz CT molecular complexity index is 1190. The standard InChI is InChI=1S/C24H27F2N3O6/c1-34-8-2-7-29-23(33)19-21(31)20(30)17(13-28(19)14-24(29)5-9-35-10-6-24)22(32)27-12-15-3-4-16(25)11-18(15)26/h3-4,11,13,31H,2,5-10,12,14H2,1H3,(H,27,32). The van der Waals surface area contributed by atoms with Crippen LogP contribution in [0, 0.1) is 11.6 Å². The number of benzene rings is 1. The summed E-state index contributed by atoms with van der Waals surface area (Å²) in [5.74, 6) is -3.74. The molecule has 2 N–H and O–H groups in total. The first kappa shape index (κ1) is 24.8. The van der Waals surface area contributed by atoms with Crippen molar-refractivity contribution in [1.82, 2.24) is 14.8 Å². The van der Waals surface area contributed by atoms with Crippen LogP contribution in [-0.2, 0) is 22.6 Å². The van der Waals surface area contributed by atoms with Crippen LogP contribution >= 0.6 is 0 Å². The lowest BCUT2D eigenvalue weighted by Crippen LogP contribution is -2.61. The van der Waals surface area contributed by atoms with Crippen LogP contribution in [-0.4, -0.2) is 65.4 Å². The van der Waals surface area contributed by atoms with Gasteiger partial charge in [-0.1, -0.05) is 6.07 Å². The Kier molecular flexibility index (Phi) is 7.18. The molecular weight excluding hydrogens is 464 g/mol. The van der Waals surface area contributed by atoms with Gasteiger partial charge in [-0.3, -0.25) is 14.4 Å². The van der Waals surface area contributed by atoms with E-state index in [0.717, 1.165) is 6.07 Å². The van der Waals surface area contributed by atoms with E-state index in [1.807, 2.05) is 0 Å². The minimum atomic E-state index is -0.999. The second kappa shape index (κ2) is 10.1. The lowest BCUT2D eigenvalue weighted by atomic mass is 9.85. The fraction of sp³-hybridized carbons (Fsp3) is 0.458. The smallest absolute Gasteiger partial charge is 0.275 e. The van der Waals surface area contributed by atoms with Crippen molar-refractivity contribution < 1.29 is 33.0 Å². The maximum absolute atomic E-state index is 13.9. The predicted molar refractivity (Wildman–Crippen MR) is 120 cm³/mol. The summed E-state index contributed by atoms with van der Waals surface area (Å²) < 4.78 is 39.1. The second-order valence-electron chi connectivity index (χ2n) is 8.76. The molecule has 0 saturated carbocycles. The van der Waals surface area contributed by atoms with Crippen LogP contribution in [0.2, 0.25) is 0 Å². The highest BCUT2D eigenvalue weighted by atomic mass is 19.1. The van der Waals surface area contributed by atoms with Crippen molar-refractivity contribution in [2.75, 3.05) is 33.5 Å². The molecule has 0 radical (unpaired) electrons. The lowest BCUT2D eigenvalue weighted by Gasteiger charge is -2.50. The van der Waals surface area contributed by atoms with E-state index in [2.05, 4.69) is 5.32 Å². The van der Waals surface area contributed by atoms with E-state index in [1.165, 1.54) is 16.8 Å². The first-order valence-electron chi connectivity index (χ1n) is 11.3. The van der Waals surface area contributed by atoms with Gasteiger partial charge in [-0.2, -0.15) is 0 Å². The van der Waals surface area contributed by atoms with Crippen molar-refractivity contribution in [2.45, 2.75) is 37.9 Å². The number of hydrogen-bond donors (Lipinski definition) is 2. The van der Waals surface area contributed by atoms with E-state index in [1.54, 1.807) is 12.0 Å². The molecule has 2 amide bonds. The average Bonchev–Trinajstić information content (AvgIpc) is 2.83. The molecule has 9 nitrogen and oxygen atoms in total. The van der Waals surface area contributed by atoms with Crippen LogP contribution in [0.4, 0.5) is 8.78 Å². The molecule has 1 fully saturated rings. The Balaban J connectivity index is 1.65. The number of nitrogens with zero attached hydrogens (tertiary/aromatic N) is 2. The Hall–Kier alpha value is -3.31. The number of aromatic hydroxyl groups is 1. The third-order valence-corrected chi connectivity index (χ3v) is 6.59. The molecule has 1 aromatic carbocycles. The summed E-state index contributed by atoms with van der Waals surface area (Å²) in [5, 5.41) is 13.1. The molecule has 1 saturated heterocycles. The quantitative estimate of drug-likeness (QED) is 0.572. The minimum Gasteiger partial charge on any atom is -0.503 e. The highest BCUT2D eigenvalue weighted by Crippen LogP contribution is 2.37. The number of methoxy groups -OCH3 is 1. The van der Waals surface area contributed by atoms with Crippen LogP contribution in [0.15, 0.2) is 29.2 Å². The van der Waals surface area contributed by atoms with E-state index >= 15 is 0 Å². The van der Waals surface area contributed by atoms with Gasteiger partial charge in [-0.15, -0.1) is 0 Å². The van der Waals surface area contributed by atoms with Crippen molar-refractivity contribution in [3.63, 3.8) is 0 Å². The van der Waals surface area contributed by atoms with E-state index in [0.29, 0.717) is 51.7 Å². The zero-order chi connectivity index (χ0) is 25.2. The van der Waals surface area contributed by atoms with E-state index in [-0.39, 0.29) is 29.9 Å². The predicted octanol–water partition coefficient (Wildman–Crippen LogP) is 1.80. The highest BCUT2D eigenvalue weighted by molar-refractivity contribution is 5.99. The summed E-state index contributed by atoms with van der Waals surface area (Å²) in [6, 6.07) is 2.94. The number of fused-ring (bicyclic) bond motifs is 1. The molecule has 0 unspecified atom stereocenters. The third kappa shape index (κ3) is 4.78. The minimum absolute atomic E-state index is 0.0325. The molecule has 0 aliphatic carbocycles. The summed E-state index contributed by atoms with van der Waals surface area (Å²) in [4.78, 5) is 40.8. The normalized spacial score (nSPS) is 16.9. The van der Waals surface area contributed by atoms with Crippen LogP contribution in [0.3, 0.4) is 0 Å². The lowest BCUT2D eigenvalue weighted by molar-refractivity contribution is -0.0376. The molecule has 3 heterocycles. The molecule has 4 rings (SSSR count). The van der Waals surface area contributed by atoms with Crippen molar-refractivity contribution in [3.8, 4) is 5.75 Å². The topological polar surface area (TPSA) is 110 Å². The molecule has 0 bridgehead atoms. The van der Waals surface area contributed by atoms with Gasteiger partial charge in [0.1, 0.15) is 17.2 Å². The van der Waals surface area contributed by atoms with E-state index in [9.17, 15) is 28.3 Å². The third-order valence-electron chi connectivity index (χ3n) is 6.59. The summed E-state index contributed by atoms with van der Waals surface area (Å²) in [5.41, 5.74) is -2.11. The van der Waals surface area contributed by atoms with Gasteiger partial charge < -0.3 is 29.4 Å². The van der Waals surface area contributed by atoms with Crippen molar-refractivity contribution in [2.24, 2.45) is 0 Å². The second-order valence-corrected chi connectivity index (χ2v) is 8.76.